The van der Waals surface area contributed by atoms with Crippen molar-refractivity contribution in [1.82, 2.24) is 5.32 Å². The Morgan fingerprint density at radius 3 is 2.55 bits per heavy atom. The lowest BCUT2D eigenvalue weighted by Crippen LogP contribution is -2.36. The molecule has 0 aliphatic rings. The molecular weight excluding hydrogens is 250 g/mol. The van der Waals surface area contributed by atoms with E-state index in [1.807, 2.05) is 61.5 Å². The van der Waals surface area contributed by atoms with E-state index >= 15 is 0 Å². The van der Waals surface area contributed by atoms with Crippen LogP contribution < -0.4 is 16.4 Å². The molecule has 0 heterocycles. The van der Waals surface area contributed by atoms with E-state index < -0.39 is 0 Å². The molecule has 20 heavy (non-hydrogen) atoms. The SMILES string of the molecule is Cc1cccc(NC(=O)NC(CN)c2ccccc2)c1. The summed E-state index contributed by atoms with van der Waals surface area (Å²) >= 11 is 0. The molecule has 0 radical (unpaired) electrons. The largest absolute Gasteiger partial charge is 0.330 e. The summed E-state index contributed by atoms with van der Waals surface area (Å²) in [6, 6.07) is 16.9. The lowest BCUT2D eigenvalue weighted by Gasteiger charge is -2.17. The minimum absolute atomic E-state index is 0.194. The summed E-state index contributed by atoms with van der Waals surface area (Å²) in [6.45, 7) is 2.33. The van der Waals surface area contributed by atoms with Crippen molar-refractivity contribution in [3.8, 4) is 0 Å². The second-order valence-corrected chi connectivity index (χ2v) is 4.67. The average molecular weight is 269 g/mol. The van der Waals surface area contributed by atoms with Crippen LogP contribution in [0.15, 0.2) is 54.6 Å². The average Bonchev–Trinajstić information content (AvgIpc) is 2.45. The Labute approximate surface area is 119 Å². The highest BCUT2D eigenvalue weighted by Crippen LogP contribution is 2.12. The van der Waals surface area contributed by atoms with Gasteiger partial charge in [0.2, 0.25) is 0 Å². The van der Waals surface area contributed by atoms with Crippen LogP contribution in [0.3, 0.4) is 0 Å². The molecule has 0 aromatic heterocycles. The van der Waals surface area contributed by atoms with Crippen LogP contribution in [-0.2, 0) is 0 Å². The van der Waals surface area contributed by atoms with Gasteiger partial charge in [0.15, 0.2) is 0 Å². The first-order chi connectivity index (χ1) is 9.69. The number of hydrogen-bond acceptors (Lipinski definition) is 2. The van der Waals surface area contributed by atoms with Gasteiger partial charge in [-0.25, -0.2) is 4.79 Å². The van der Waals surface area contributed by atoms with E-state index in [1.165, 1.54) is 0 Å². The van der Waals surface area contributed by atoms with E-state index in [1.54, 1.807) is 0 Å². The van der Waals surface area contributed by atoms with Crippen molar-refractivity contribution < 1.29 is 4.79 Å². The molecule has 4 N–H and O–H groups in total. The quantitative estimate of drug-likeness (QED) is 0.799. The summed E-state index contributed by atoms with van der Waals surface area (Å²) in [5.74, 6) is 0. The van der Waals surface area contributed by atoms with Gasteiger partial charge in [-0.2, -0.15) is 0 Å². The van der Waals surface area contributed by atoms with Gasteiger partial charge in [0, 0.05) is 12.2 Å². The Bertz CT molecular complexity index is 569. The number of nitrogens with two attached hydrogens (primary N) is 1. The Hall–Kier alpha value is -2.33. The number of anilines is 1. The molecule has 2 rings (SSSR count). The zero-order valence-electron chi connectivity index (χ0n) is 11.5. The van der Waals surface area contributed by atoms with Crippen molar-refractivity contribution >= 4 is 11.7 Å². The first-order valence-corrected chi connectivity index (χ1v) is 6.58. The first-order valence-electron chi connectivity index (χ1n) is 6.58. The monoisotopic (exact) mass is 269 g/mol. The van der Waals surface area contributed by atoms with Gasteiger partial charge in [0.25, 0.3) is 0 Å². The highest BCUT2D eigenvalue weighted by Gasteiger charge is 2.12. The van der Waals surface area contributed by atoms with Crippen LogP contribution in [0.25, 0.3) is 0 Å². The van der Waals surface area contributed by atoms with Gasteiger partial charge in [-0.05, 0) is 30.2 Å². The molecule has 0 aliphatic carbocycles. The van der Waals surface area contributed by atoms with E-state index in [9.17, 15) is 4.79 Å². The smallest absolute Gasteiger partial charge is 0.319 e. The number of amides is 2. The molecule has 0 fully saturated rings. The molecule has 2 aromatic carbocycles. The molecule has 2 amide bonds. The topological polar surface area (TPSA) is 67.2 Å². The third kappa shape index (κ3) is 3.83. The standard InChI is InChI=1S/C16H19N3O/c1-12-6-5-9-14(10-12)18-16(20)19-15(11-17)13-7-3-2-4-8-13/h2-10,15H,11,17H2,1H3,(H2,18,19,20). The second kappa shape index (κ2) is 6.73. The first kappa shape index (κ1) is 14.1. The zero-order valence-corrected chi connectivity index (χ0v) is 11.5. The van der Waals surface area contributed by atoms with Gasteiger partial charge in [-0.1, -0.05) is 42.5 Å². The van der Waals surface area contributed by atoms with Crippen LogP contribution in [-0.4, -0.2) is 12.6 Å². The molecule has 0 bridgehead atoms. The molecule has 104 valence electrons. The number of benzene rings is 2. The van der Waals surface area contributed by atoms with E-state index in [0.29, 0.717) is 6.54 Å². The summed E-state index contributed by atoms with van der Waals surface area (Å²) in [6.07, 6.45) is 0. The Morgan fingerprint density at radius 1 is 1.15 bits per heavy atom. The zero-order chi connectivity index (χ0) is 14.4. The minimum Gasteiger partial charge on any atom is -0.330 e. The summed E-state index contributed by atoms with van der Waals surface area (Å²) in [5, 5.41) is 5.69. The molecule has 4 nitrogen and oxygen atoms in total. The molecule has 0 aliphatic heterocycles. The maximum atomic E-state index is 12.0. The minimum atomic E-state index is -0.255. The maximum absolute atomic E-state index is 12.0. The van der Waals surface area contributed by atoms with Crippen LogP contribution in [0.2, 0.25) is 0 Å². The van der Waals surface area contributed by atoms with Crippen molar-refractivity contribution in [3.05, 3.63) is 65.7 Å². The van der Waals surface area contributed by atoms with Crippen LogP contribution in [0, 0.1) is 6.92 Å². The Kier molecular flexibility index (Phi) is 4.74. The fraction of sp³-hybridized carbons (Fsp3) is 0.188. The number of rotatable bonds is 4. The van der Waals surface area contributed by atoms with Crippen molar-refractivity contribution in [2.75, 3.05) is 11.9 Å². The highest BCUT2D eigenvalue weighted by molar-refractivity contribution is 5.89. The van der Waals surface area contributed by atoms with E-state index in [4.69, 9.17) is 5.73 Å². The maximum Gasteiger partial charge on any atom is 0.319 e. The molecule has 4 heteroatoms. The van der Waals surface area contributed by atoms with Crippen molar-refractivity contribution in [1.29, 1.82) is 0 Å². The van der Waals surface area contributed by atoms with E-state index in [2.05, 4.69) is 10.6 Å². The van der Waals surface area contributed by atoms with Gasteiger partial charge in [0.05, 0.1) is 6.04 Å². The number of carbonyl (C=O) groups excluding carboxylic acids is 1. The third-order valence-electron chi connectivity index (χ3n) is 3.02. The van der Waals surface area contributed by atoms with Crippen molar-refractivity contribution in [3.63, 3.8) is 0 Å². The summed E-state index contributed by atoms with van der Waals surface area (Å²) in [4.78, 5) is 12.0. The number of nitrogens with one attached hydrogen (secondary N) is 2. The Morgan fingerprint density at radius 2 is 1.90 bits per heavy atom. The molecule has 0 saturated carbocycles. The molecule has 0 saturated heterocycles. The van der Waals surface area contributed by atoms with Gasteiger partial charge in [-0.15, -0.1) is 0 Å². The fourth-order valence-electron chi connectivity index (χ4n) is 2.01. The van der Waals surface area contributed by atoms with Gasteiger partial charge >= 0.3 is 6.03 Å². The van der Waals surface area contributed by atoms with E-state index in [-0.39, 0.29) is 12.1 Å². The van der Waals surface area contributed by atoms with Crippen LogP contribution >= 0.6 is 0 Å². The lowest BCUT2D eigenvalue weighted by atomic mass is 10.1. The summed E-state index contributed by atoms with van der Waals surface area (Å²) < 4.78 is 0. The van der Waals surface area contributed by atoms with Gasteiger partial charge in [0.1, 0.15) is 0 Å². The van der Waals surface area contributed by atoms with E-state index in [0.717, 1.165) is 16.8 Å². The van der Waals surface area contributed by atoms with Gasteiger partial charge < -0.3 is 16.4 Å². The van der Waals surface area contributed by atoms with Crippen LogP contribution in [0.1, 0.15) is 17.2 Å². The lowest BCUT2D eigenvalue weighted by molar-refractivity contribution is 0.249. The predicted molar refractivity (Wildman–Crippen MR) is 81.6 cm³/mol. The molecule has 1 unspecified atom stereocenters. The number of urea groups is 1. The molecule has 0 spiro atoms. The highest BCUT2D eigenvalue weighted by atomic mass is 16.2. The molecule has 1 atom stereocenters. The number of carbonyl (C=O) groups is 1. The van der Waals surface area contributed by atoms with Crippen molar-refractivity contribution in [2.24, 2.45) is 5.73 Å². The second-order valence-electron chi connectivity index (χ2n) is 4.67. The number of hydrogen-bond donors (Lipinski definition) is 3. The normalized spacial score (nSPS) is 11.7. The summed E-state index contributed by atoms with van der Waals surface area (Å²) in [5.41, 5.74) is 8.59. The number of aryl methyl sites for hydroxylation is 1. The third-order valence-corrected chi connectivity index (χ3v) is 3.02. The van der Waals surface area contributed by atoms with Crippen LogP contribution in [0.5, 0.6) is 0 Å². The molecular formula is C16H19N3O. The fourth-order valence-corrected chi connectivity index (χ4v) is 2.01. The molecule has 2 aromatic rings. The van der Waals surface area contributed by atoms with Crippen LogP contribution in [0.4, 0.5) is 10.5 Å². The predicted octanol–water partition coefficient (Wildman–Crippen LogP) is 2.82. The van der Waals surface area contributed by atoms with Crippen molar-refractivity contribution in [2.45, 2.75) is 13.0 Å². The Balaban J connectivity index is 2.00. The summed E-state index contributed by atoms with van der Waals surface area (Å²) in [7, 11) is 0. The van der Waals surface area contributed by atoms with Gasteiger partial charge in [-0.3, -0.25) is 0 Å².